The van der Waals surface area contributed by atoms with Gasteiger partial charge in [0, 0.05) is 16.3 Å². The van der Waals surface area contributed by atoms with E-state index in [2.05, 4.69) is 19.1 Å². The Morgan fingerprint density at radius 3 is 2.80 bits per heavy atom. The van der Waals surface area contributed by atoms with Gasteiger partial charge in [0.2, 0.25) is 10.0 Å². The predicted octanol–water partition coefficient (Wildman–Crippen LogP) is 2.95. The summed E-state index contributed by atoms with van der Waals surface area (Å²) in [4.78, 5) is 2.39. The molecule has 0 N–H and O–H groups in total. The van der Waals surface area contributed by atoms with Crippen molar-refractivity contribution >= 4 is 21.4 Å². The maximum atomic E-state index is 12.5. The van der Waals surface area contributed by atoms with E-state index < -0.39 is 10.0 Å². The molecule has 0 bridgehead atoms. The van der Waals surface area contributed by atoms with Crippen LogP contribution in [0.25, 0.3) is 0 Å². The molecule has 114 valence electrons. The van der Waals surface area contributed by atoms with Gasteiger partial charge in [-0.05, 0) is 45.7 Å². The number of rotatable bonds is 6. The third kappa shape index (κ3) is 3.81. The highest BCUT2D eigenvalue weighted by atomic mass is 32.2. The van der Waals surface area contributed by atoms with Gasteiger partial charge in [0.05, 0.1) is 24.5 Å². The zero-order chi connectivity index (χ0) is 14.8. The Labute approximate surface area is 125 Å². The topological polar surface area (TPSA) is 46.6 Å². The fourth-order valence-corrected chi connectivity index (χ4v) is 5.14. The highest BCUT2D eigenvalue weighted by Crippen LogP contribution is 2.37. The Kier molecular flexibility index (Phi) is 5.23. The summed E-state index contributed by atoms with van der Waals surface area (Å²) in [5, 5.41) is 0. The van der Waals surface area contributed by atoms with E-state index in [9.17, 15) is 8.42 Å². The van der Waals surface area contributed by atoms with Crippen molar-refractivity contribution in [1.29, 1.82) is 0 Å². The molecule has 1 saturated heterocycles. The first-order valence-electron chi connectivity index (χ1n) is 7.07. The van der Waals surface area contributed by atoms with Gasteiger partial charge < -0.3 is 4.74 Å². The van der Waals surface area contributed by atoms with Crippen molar-refractivity contribution in [2.24, 2.45) is 0 Å². The summed E-state index contributed by atoms with van der Waals surface area (Å²) >= 11 is 1.70. The molecule has 1 fully saturated rings. The van der Waals surface area contributed by atoms with Crippen LogP contribution in [-0.2, 0) is 14.8 Å². The van der Waals surface area contributed by atoms with Crippen LogP contribution in [0, 0.1) is 6.92 Å². The maximum Gasteiger partial charge on any atom is 0.216 e. The van der Waals surface area contributed by atoms with Crippen molar-refractivity contribution in [1.82, 2.24) is 4.31 Å². The van der Waals surface area contributed by atoms with Gasteiger partial charge in [0.25, 0.3) is 0 Å². The van der Waals surface area contributed by atoms with Crippen LogP contribution in [0.3, 0.4) is 0 Å². The van der Waals surface area contributed by atoms with Crippen molar-refractivity contribution in [2.45, 2.75) is 45.8 Å². The summed E-state index contributed by atoms with van der Waals surface area (Å²) in [6.07, 6.45) is 1.93. The minimum absolute atomic E-state index is 0.0257. The van der Waals surface area contributed by atoms with E-state index in [4.69, 9.17) is 4.74 Å². The second kappa shape index (κ2) is 6.56. The van der Waals surface area contributed by atoms with Crippen molar-refractivity contribution in [3.63, 3.8) is 0 Å². The fraction of sp³-hybridized carbons (Fsp3) is 0.714. The summed E-state index contributed by atoms with van der Waals surface area (Å²) in [6.45, 7) is 6.79. The minimum Gasteiger partial charge on any atom is -0.378 e. The van der Waals surface area contributed by atoms with Gasteiger partial charge in [-0.1, -0.05) is 0 Å². The number of ether oxygens (including phenoxy) is 1. The van der Waals surface area contributed by atoms with E-state index in [-0.39, 0.29) is 24.5 Å². The Balaban J connectivity index is 2.06. The summed E-state index contributed by atoms with van der Waals surface area (Å²) in [5.74, 6) is 0.0754. The lowest BCUT2D eigenvalue weighted by atomic mass is 10.2. The van der Waals surface area contributed by atoms with Crippen molar-refractivity contribution < 1.29 is 13.2 Å². The zero-order valence-corrected chi connectivity index (χ0v) is 14.0. The molecule has 6 heteroatoms. The quantitative estimate of drug-likeness (QED) is 0.810. The van der Waals surface area contributed by atoms with Crippen LogP contribution in [0.1, 0.15) is 42.5 Å². The van der Waals surface area contributed by atoms with Crippen LogP contribution >= 0.6 is 11.3 Å². The van der Waals surface area contributed by atoms with Gasteiger partial charge in [0.15, 0.2) is 0 Å². The Hall–Kier alpha value is -0.430. The molecule has 0 aliphatic carbocycles. The maximum absolute atomic E-state index is 12.5. The molecule has 4 nitrogen and oxygen atoms in total. The van der Waals surface area contributed by atoms with Gasteiger partial charge in [-0.3, -0.25) is 0 Å². The average molecular weight is 317 g/mol. The molecule has 2 rings (SSSR count). The number of hydrogen-bond acceptors (Lipinski definition) is 4. The zero-order valence-electron chi connectivity index (χ0n) is 12.3. The van der Waals surface area contributed by atoms with E-state index in [1.54, 1.807) is 15.6 Å². The van der Waals surface area contributed by atoms with E-state index in [0.29, 0.717) is 6.54 Å². The van der Waals surface area contributed by atoms with Gasteiger partial charge in [-0.15, -0.1) is 11.3 Å². The molecule has 0 spiro atoms. The van der Waals surface area contributed by atoms with Gasteiger partial charge >= 0.3 is 0 Å². The smallest absolute Gasteiger partial charge is 0.216 e. The lowest BCUT2D eigenvalue weighted by molar-refractivity contribution is 0.0906. The Bertz CT molecular complexity index is 536. The largest absolute Gasteiger partial charge is 0.378 e. The number of hydrogen-bond donors (Lipinski definition) is 0. The molecule has 1 aromatic rings. The third-order valence-corrected chi connectivity index (χ3v) is 6.38. The lowest BCUT2D eigenvalue weighted by Crippen LogP contribution is -2.34. The Morgan fingerprint density at radius 2 is 2.20 bits per heavy atom. The average Bonchev–Trinajstić information content (AvgIpc) is 2.95. The number of nitrogens with zero attached hydrogens (tertiary/aromatic N) is 1. The SMILES string of the molecule is Cc1ccc([C@H]2CCCN2S(=O)(=O)CCOC(C)C)s1. The monoisotopic (exact) mass is 317 g/mol. The fourth-order valence-electron chi connectivity index (χ4n) is 2.50. The summed E-state index contributed by atoms with van der Waals surface area (Å²) < 4.78 is 32.0. The first-order chi connectivity index (χ1) is 9.40. The lowest BCUT2D eigenvalue weighted by Gasteiger charge is -2.23. The van der Waals surface area contributed by atoms with Crippen LogP contribution < -0.4 is 0 Å². The second-order valence-corrected chi connectivity index (χ2v) is 8.81. The second-order valence-electron chi connectivity index (χ2n) is 5.45. The Morgan fingerprint density at radius 1 is 1.45 bits per heavy atom. The van der Waals surface area contributed by atoms with Crippen molar-refractivity contribution in [3.8, 4) is 0 Å². The molecule has 2 heterocycles. The number of aryl methyl sites for hydroxylation is 1. The van der Waals surface area contributed by atoms with Crippen LogP contribution in [0.2, 0.25) is 0 Å². The molecule has 1 aromatic heterocycles. The van der Waals surface area contributed by atoms with Gasteiger partial charge in [0.1, 0.15) is 0 Å². The van der Waals surface area contributed by atoms with Crippen molar-refractivity contribution in [2.75, 3.05) is 18.9 Å². The van der Waals surface area contributed by atoms with Crippen LogP contribution in [0.4, 0.5) is 0 Å². The molecule has 20 heavy (non-hydrogen) atoms. The number of sulfonamides is 1. The normalized spacial score (nSPS) is 20.9. The molecule has 0 saturated carbocycles. The molecule has 0 amide bonds. The summed E-state index contributed by atoms with van der Waals surface area (Å²) in [5.41, 5.74) is 0. The highest BCUT2D eigenvalue weighted by molar-refractivity contribution is 7.89. The summed E-state index contributed by atoms with van der Waals surface area (Å²) in [7, 11) is -3.23. The molecule has 0 unspecified atom stereocenters. The third-order valence-electron chi connectivity index (χ3n) is 3.44. The van der Waals surface area contributed by atoms with E-state index in [0.717, 1.165) is 17.7 Å². The standard InChI is InChI=1S/C14H23NO3S2/c1-11(2)18-9-10-20(16,17)15-8-4-5-13(15)14-7-6-12(3)19-14/h6-7,11,13H,4-5,8-10H2,1-3H3/t13-/m1/s1. The predicted molar refractivity (Wildman–Crippen MR) is 82.6 cm³/mol. The number of thiophene rings is 1. The molecule has 0 radical (unpaired) electrons. The molecule has 1 aliphatic heterocycles. The first-order valence-corrected chi connectivity index (χ1v) is 9.50. The van der Waals surface area contributed by atoms with Crippen LogP contribution in [0.5, 0.6) is 0 Å². The first kappa shape index (κ1) is 15.9. The van der Waals surface area contributed by atoms with Crippen LogP contribution in [-0.4, -0.2) is 37.7 Å². The van der Waals surface area contributed by atoms with Crippen molar-refractivity contribution in [3.05, 3.63) is 21.9 Å². The summed E-state index contributed by atoms with van der Waals surface area (Å²) in [6, 6.07) is 4.14. The van der Waals surface area contributed by atoms with E-state index >= 15 is 0 Å². The van der Waals surface area contributed by atoms with Crippen LogP contribution in [0.15, 0.2) is 12.1 Å². The van der Waals surface area contributed by atoms with E-state index in [1.807, 2.05) is 13.8 Å². The molecule has 1 atom stereocenters. The van der Waals surface area contributed by atoms with E-state index in [1.165, 1.54) is 4.88 Å². The van der Waals surface area contributed by atoms with Gasteiger partial charge in [-0.25, -0.2) is 8.42 Å². The minimum atomic E-state index is -3.23. The molecular weight excluding hydrogens is 294 g/mol. The molecule has 1 aliphatic rings. The highest BCUT2D eigenvalue weighted by Gasteiger charge is 2.35. The van der Waals surface area contributed by atoms with Gasteiger partial charge in [-0.2, -0.15) is 4.31 Å². The molecule has 0 aromatic carbocycles. The molecular formula is C14H23NO3S2.